The number of benzene rings is 3. The SMILES string of the molecule is COc1cc(C(=O)NCCc2nc3ccccc3n2CCc2ccccc2)cc(OC)c1OC. The molecule has 4 rings (SSSR count). The third-order valence-corrected chi connectivity index (χ3v) is 5.76. The number of ether oxygens (including phenoxy) is 3. The van der Waals surface area contributed by atoms with Crippen LogP contribution in [0.3, 0.4) is 0 Å². The van der Waals surface area contributed by atoms with Crippen LogP contribution in [0.4, 0.5) is 0 Å². The summed E-state index contributed by atoms with van der Waals surface area (Å²) in [7, 11) is 4.59. The molecule has 7 nitrogen and oxygen atoms in total. The zero-order valence-corrected chi connectivity index (χ0v) is 19.7. The van der Waals surface area contributed by atoms with E-state index < -0.39 is 0 Å². The first-order valence-corrected chi connectivity index (χ1v) is 11.2. The molecule has 176 valence electrons. The first kappa shape index (κ1) is 23.2. The van der Waals surface area contributed by atoms with Gasteiger partial charge in [0, 0.05) is 25.1 Å². The van der Waals surface area contributed by atoms with Gasteiger partial charge >= 0.3 is 0 Å². The predicted molar refractivity (Wildman–Crippen MR) is 132 cm³/mol. The summed E-state index contributed by atoms with van der Waals surface area (Å²) in [4.78, 5) is 17.7. The fourth-order valence-corrected chi connectivity index (χ4v) is 4.05. The highest BCUT2D eigenvalue weighted by molar-refractivity contribution is 5.95. The number of nitrogens with one attached hydrogen (secondary N) is 1. The monoisotopic (exact) mass is 459 g/mol. The predicted octanol–water partition coefficient (Wildman–Crippen LogP) is 4.28. The number of aromatic nitrogens is 2. The van der Waals surface area contributed by atoms with E-state index in [0.29, 0.717) is 35.8 Å². The summed E-state index contributed by atoms with van der Waals surface area (Å²) in [6.07, 6.45) is 1.52. The third kappa shape index (κ3) is 4.98. The topological polar surface area (TPSA) is 74.6 Å². The van der Waals surface area contributed by atoms with Gasteiger partial charge in [-0.05, 0) is 36.2 Å². The summed E-state index contributed by atoms with van der Waals surface area (Å²) >= 11 is 0. The van der Waals surface area contributed by atoms with Crippen molar-refractivity contribution in [3.8, 4) is 17.2 Å². The van der Waals surface area contributed by atoms with Gasteiger partial charge in [0.15, 0.2) is 11.5 Å². The van der Waals surface area contributed by atoms with E-state index in [9.17, 15) is 4.79 Å². The van der Waals surface area contributed by atoms with E-state index in [-0.39, 0.29) is 5.91 Å². The molecule has 0 aliphatic carbocycles. The Hall–Kier alpha value is -4.00. The van der Waals surface area contributed by atoms with Gasteiger partial charge in [0.25, 0.3) is 5.91 Å². The zero-order valence-electron chi connectivity index (χ0n) is 19.7. The smallest absolute Gasteiger partial charge is 0.251 e. The van der Waals surface area contributed by atoms with Crippen LogP contribution in [0, 0.1) is 0 Å². The van der Waals surface area contributed by atoms with Gasteiger partial charge in [0.1, 0.15) is 5.82 Å². The second-order valence-electron chi connectivity index (χ2n) is 7.82. The summed E-state index contributed by atoms with van der Waals surface area (Å²) in [5.74, 6) is 2.06. The molecular weight excluding hydrogens is 430 g/mol. The van der Waals surface area contributed by atoms with Crippen molar-refractivity contribution in [3.05, 3.63) is 83.7 Å². The molecule has 3 aromatic carbocycles. The molecule has 0 aliphatic heterocycles. The van der Waals surface area contributed by atoms with Crippen LogP contribution in [0.15, 0.2) is 66.7 Å². The van der Waals surface area contributed by atoms with E-state index >= 15 is 0 Å². The molecule has 0 saturated carbocycles. The molecule has 1 N–H and O–H groups in total. The second kappa shape index (κ2) is 10.7. The Balaban J connectivity index is 1.48. The lowest BCUT2D eigenvalue weighted by Crippen LogP contribution is -2.26. The fraction of sp³-hybridized carbons (Fsp3) is 0.259. The lowest BCUT2D eigenvalue weighted by molar-refractivity contribution is 0.0953. The Kier molecular flexibility index (Phi) is 7.32. The second-order valence-corrected chi connectivity index (χ2v) is 7.82. The largest absolute Gasteiger partial charge is 0.493 e. The van der Waals surface area contributed by atoms with Gasteiger partial charge in [0.05, 0.1) is 32.4 Å². The molecule has 0 fully saturated rings. The van der Waals surface area contributed by atoms with Crippen molar-refractivity contribution in [3.63, 3.8) is 0 Å². The highest BCUT2D eigenvalue weighted by atomic mass is 16.5. The highest BCUT2D eigenvalue weighted by Gasteiger charge is 2.17. The van der Waals surface area contributed by atoms with Crippen LogP contribution in [0.2, 0.25) is 0 Å². The summed E-state index contributed by atoms with van der Waals surface area (Å²) in [5.41, 5.74) is 3.78. The van der Waals surface area contributed by atoms with E-state index in [1.807, 2.05) is 24.3 Å². The van der Waals surface area contributed by atoms with Gasteiger partial charge in [-0.2, -0.15) is 0 Å². The van der Waals surface area contributed by atoms with E-state index in [0.717, 1.165) is 29.8 Å². The van der Waals surface area contributed by atoms with Crippen molar-refractivity contribution in [1.82, 2.24) is 14.9 Å². The molecule has 0 bridgehead atoms. The van der Waals surface area contributed by atoms with Gasteiger partial charge in [-0.3, -0.25) is 4.79 Å². The maximum atomic E-state index is 12.8. The molecular formula is C27H29N3O4. The zero-order chi connectivity index (χ0) is 23.9. The number of imidazole rings is 1. The molecule has 0 atom stereocenters. The lowest BCUT2D eigenvalue weighted by Gasteiger charge is -2.14. The van der Waals surface area contributed by atoms with Crippen molar-refractivity contribution in [1.29, 1.82) is 0 Å². The van der Waals surface area contributed by atoms with Crippen molar-refractivity contribution in [2.24, 2.45) is 0 Å². The maximum absolute atomic E-state index is 12.8. The number of hydrogen-bond acceptors (Lipinski definition) is 5. The number of fused-ring (bicyclic) bond motifs is 1. The molecule has 0 radical (unpaired) electrons. The summed E-state index contributed by atoms with van der Waals surface area (Å²) in [5, 5.41) is 2.99. The quantitative estimate of drug-likeness (QED) is 0.383. The van der Waals surface area contributed by atoms with Gasteiger partial charge in [-0.15, -0.1) is 0 Å². The van der Waals surface area contributed by atoms with Crippen LogP contribution in [-0.2, 0) is 19.4 Å². The minimum Gasteiger partial charge on any atom is -0.493 e. The van der Waals surface area contributed by atoms with E-state index in [4.69, 9.17) is 19.2 Å². The molecule has 0 aliphatic rings. The number of carbonyl (C=O) groups excluding carboxylic acids is 1. The summed E-state index contributed by atoms with van der Waals surface area (Å²) < 4.78 is 18.3. The van der Waals surface area contributed by atoms with Gasteiger partial charge in [0.2, 0.25) is 5.75 Å². The average molecular weight is 460 g/mol. The molecule has 4 aromatic rings. The molecule has 0 spiro atoms. The number of rotatable bonds is 10. The van der Waals surface area contributed by atoms with Gasteiger partial charge in [-0.25, -0.2) is 4.98 Å². The molecule has 0 saturated heterocycles. The van der Waals surface area contributed by atoms with Gasteiger partial charge in [-0.1, -0.05) is 42.5 Å². The van der Waals surface area contributed by atoms with Crippen LogP contribution in [0.25, 0.3) is 11.0 Å². The van der Waals surface area contributed by atoms with Gasteiger partial charge < -0.3 is 24.1 Å². The number of aryl methyl sites for hydroxylation is 2. The molecule has 1 heterocycles. The third-order valence-electron chi connectivity index (χ3n) is 5.76. The maximum Gasteiger partial charge on any atom is 0.251 e. The highest BCUT2D eigenvalue weighted by Crippen LogP contribution is 2.38. The Morgan fingerprint density at radius 1 is 0.882 bits per heavy atom. The number of para-hydroxylation sites is 2. The number of hydrogen-bond donors (Lipinski definition) is 1. The number of amides is 1. The molecule has 34 heavy (non-hydrogen) atoms. The Morgan fingerprint density at radius 3 is 2.24 bits per heavy atom. The molecule has 1 amide bonds. The number of carbonyl (C=O) groups is 1. The normalized spacial score (nSPS) is 10.8. The van der Waals surface area contributed by atoms with Crippen LogP contribution >= 0.6 is 0 Å². The van der Waals surface area contributed by atoms with Crippen LogP contribution in [0.1, 0.15) is 21.7 Å². The van der Waals surface area contributed by atoms with Crippen LogP contribution in [0.5, 0.6) is 17.2 Å². The standard InChI is InChI=1S/C27H29N3O4/c1-32-23-17-20(18-24(33-2)26(23)34-3)27(31)28-15-13-25-29-21-11-7-8-12-22(21)30(25)16-14-19-9-5-4-6-10-19/h4-12,17-18H,13-16H2,1-3H3,(H,28,31). The van der Waals surface area contributed by atoms with Crippen molar-refractivity contribution in [2.75, 3.05) is 27.9 Å². The van der Waals surface area contributed by atoms with Crippen LogP contribution < -0.4 is 19.5 Å². The fourth-order valence-electron chi connectivity index (χ4n) is 4.05. The van der Waals surface area contributed by atoms with E-state index in [1.54, 1.807) is 12.1 Å². The lowest BCUT2D eigenvalue weighted by atomic mass is 10.1. The van der Waals surface area contributed by atoms with Crippen molar-refractivity contribution < 1.29 is 19.0 Å². The van der Waals surface area contributed by atoms with Crippen molar-refractivity contribution >= 4 is 16.9 Å². The Bertz CT molecular complexity index is 1240. The van der Waals surface area contributed by atoms with Crippen LogP contribution in [-0.4, -0.2) is 43.3 Å². The minimum absolute atomic E-state index is 0.216. The average Bonchev–Trinajstić information content (AvgIpc) is 3.24. The molecule has 0 unspecified atom stereocenters. The Morgan fingerprint density at radius 2 is 1.56 bits per heavy atom. The Labute approximate surface area is 199 Å². The van der Waals surface area contributed by atoms with E-state index in [2.05, 4.69) is 40.2 Å². The molecule has 1 aromatic heterocycles. The summed E-state index contributed by atoms with van der Waals surface area (Å²) in [6, 6.07) is 21.8. The summed E-state index contributed by atoms with van der Waals surface area (Å²) in [6.45, 7) is 1.27. The van der Waals surface area contributed by atoms with Crippen molar-refractivity contribution in [2.45, 2.75) is 19.4 Å². The minimum atomic E-state index is -0.216. The number of methoxy groups -OCH3 is 3. The molecule has 7 heteroatoms. The number of nitrogens with zero attached hydrogens (tertiary/aromatic N) is 2. The first-order valence-electron chi connectivity index (χ1n) is 11.2. The van der Waals surface area contributed by atoms with E-state index in [1.165, 1.54) is 26.9 Å². The first-order chi connectivity index (χ1) is 16.6.